The van der Waals surface area contributed by atoms with E-state index in [1.165, 1.54) is 0 Å². The molecule has 1 atom stereocenters. The molecule has 0 radical (unpaired) electrons. The number of hydrogen-bond acceptors (Lipinski definition) is 6. The van der Waals surface area contributed by atoms with E-state index in [0.29, 0.717) is 30.2 Å². The van der Waals surface area contributed by atoms with E-state index in [1.807, 2.05) is 95.0 Å². The predicted molar refractivity (Wildman–Crippen MR) is 207 cm³/mol. The molecule has 0 bridgehead atoms. The summed E-state index contributed by atoms with van der Waals surface area (Å²) >= 11 is 0. The van der Waals surface area contributed by atoms with Crippen LogP contribution in [0.4, 0.5) is 5.95 Å². The third-order valence-corrected chi connectivity index (χ3v) is 10.3. The molecule has 8 rings (SSSR count). The molecule has 3 heterocycles. The lowest BCUT2D eigenvalue weighted by Crippen LogP contribution is -2.39. The molecule has 1 aliphatic rings. The lowest BCUT2D eigenvalue weighted by Gasteiger charge is -2.36. The number of aromatic nitrogens is 6. The number of nitrogens with one attached hydrogen (secondary N) is 1. The third-order valence-electron chi connectivity index (χ3n) is 10.3. The van der Waals surface area contributed by atoms with E-state index in [0.717, 1.165) is 57.5 Å². The van der Waals surface area contributed by atoms with Gasteiger partial charge in [-0.3, -0.25) is 14.9 Å². The van der Waals surface area contributed by atoms with E-state index >= 15 is 0 Å². The average Bonchev–Trinajstić information content (AvgIpc) is 3.80. The molecule has 9 nitrogen and oxygen atoms in total. The van der Waals surface area contributed by atoms with Gasteiger partial charge in [-0.25, -0.2) is 4.68 Å². The lowest BCUT2D eigenvalue weighted by atomic mass is 9.77. The highest BCUT2D eigenvalue weighted by molar-refractivity contribution is 5.96. The van der Waals surface area contributed by atoms with Crippen molar-refractivity contribution in [3.05, 3.63) is 183 Å². The third kappa shape index (κ3) is 5.84. The van der Waals surface area contributed by atoms with Crippen molar-refractivity contribution >= 4 is 11.9 Å². The summed E-state index contributed by atoms with van der Waals surface area (Å²) in [7, 11) is 0. The zero-order valence-electron chi connectivity index (χ0n) is 29.7. The number of rotatable bonds is 11. The van der Waals surface area contributed by atoms with E-state index in [2.05, 4.69) is 83.1 Å². The number of unbranched alkanes of at least 4 members (excludes halogenated alkanes) is 1. The Labute approximate surface area is 308 Å². The van der Waals surface area contributed by atoms with Crippen LogP contribution in [0.15, 0.2) is 144 Å². The Morgan fingerprint density at radius 3 is 1.85 bits per heavy atom. The van der Waals surface area contributed by atoms with Crippen LogP contribution in [0.2, 0.25) is 0 Å². The van der Waals surface area contributed by atoms with Gasteiger partial charge in [-0.1, -0.05) is 153 Å². The van der Waals surface area contributed by atoms with Gasteiger partial charge in [0.15, 0.2) is 5.82 Å². The first-order valence-corrected chi connectivity index (χ1v) is 18.1. The van der Waals surface area contributed by atoms with Gasteiger partial charge < -0.3 is 4.57 Å². The molecule has 1 N–H and O–H groups in total. The van der Waals surface area contributed by atoms with E-state index < -0.39 is 11.6 Å². The fraction of sp³-hybridized carbons (Fsp3) is 0.182. The van der Waals surface area contributed by atoms with Crippen molar-refractivity contribution in [1.29, 1.82) is 0 Å². The second-order valence-electron chi connectivity index (χ2n) is 13.4. The standard InChI is InChI=1S/C44H39N7O2/c1-3-4-28-39-38(42(53)46-43-45-41(52)30(2)50(39)43)29-31-18-14-15-25-35(31)36-26-16-17-27-37(36)40-47-48-49-51(40)44(32-19-8-5-9-20-32,33-21-10-6-11-22-33)34-23-12-7-13-24-34/h5-27,30H,3-4,28-29H2,1-2H3,(H,45,46,52,53). The molecule has 7 aromatic rings. The highest BCUT2D eigenvalue weighted by Gasteiger charge is 2.42. The van der Waals surface area contributed by atoms with Crippen molar-refractivity contribution in [2.75, 3.05) is 5.32 Å². The number of amides is 1. The van der Waals surface area contributed by atoms with Crippen molar-refractivity contribution in [2.45, 2.75) is 51.1 Å². The summed E-state index contributed by atoms with van der Waals surface area (Å²) in [6.07, 6.45) is 2.86. The van der Waals surface area contributed by atoms with Crippen LogP contribution in [-0.4, -0.2) is 35.7 Å². The number of hydrogen-bond donors (Lipinski definition) is 1. The van der Waals surface area contributed by atoms with Gasteiger partial charge in [0, 0.05) is 23.2 Å². The van der Waals surface area contributed by atoms with E-state index in [4.69, 9.17) is 10.3 Å². The second kappa shape index (κ2) is 14.3. The molecule has 2 aromatic heterocycles. The average molecular weight is 698 g/mol. The quantitative estimate of drug-likeness (QED) is 0.138. The summed E-state index contributed by atoms with van der Waals surface area (Å²) in [5.74, 6) is 0.760. The van der Waals surface area contributed by atoms with Gasteiger partial charge in [0.25, 0.3) is 5.56 Å². The van der Waals surface area contributed by atoms with Gasteiger partial charge in [0.2, 0.25) is 11.9 Å². The van der Waals surface area contributed by atoms with Crippen LogP contribution in [0.3, 0.4) is 0 Å². The Morgan fingerprint density at radius 2 is 1.25 bits per heavy atom. The molecular formula is C44H39N7O2. The number of benzene rings is 5. The van der Waals surface area contributed by atoms with E-state index in [9.17, 15) is 9.59 Å². The molecule has 0 fully saturated rings. The Morgan fingerprint density at radius 1 is 0.698 bits per heavy atom. The van der Waals surface area contributed by atoms with E-state index in [1.54, 1.807) is 0 Å². The number of nitrogens with zero attached hydrogens (tertiary/aromatic N) is 6. The predicted octanol–water partition coefficient (Wildman–Crippen LogP) is 7.85. The molecule has 9 heteroatoms. The minimum atomic E-state index is -0.920. The highest BCUT2D eigenvalue weighted by atomic mass is 16.2. The summed E-state index contributed by atoms with van der Waals surface area (Å²) in [5.41, 5.74) is 6.94. The number of carbonyl (C=O) groups excluding carboxylic acids is 1. The maximum Gasteiger partial charge on any atom is 0.278 e. The summed E-state index contributed by atoms with van der Waals surface area (Å²) in [5, 5.41) is 16.7. The first kappa shape index (κ1) is 33.7. The molecule has 5 aromatic carbocycles. The monoisotopic (exact) mass is 697 g/mol. The van der Waals surface area contributed by atoms with Crippen LogP contribution < -0.4 is 10.9 Å². The molecule has 1 amide bonds. The zero-order valence-corrected chi connectivity index (χ0v) is 29.7. The molecule has 0 saturated heterocycles. The molecular weight excluding hydrogens is 659 g/mol. The summed E-state index contributed by atoms with van der Waals surface area (Å²) < 4.78 is 3.86. The smallest absolute Gasteiger partial charge is 0.278 e. The first-order valence-electron chi connectivity index (χ1n) is 18.1. The largest absolute Gasteiger partial charge is 0.303 e. The minimum Gasteiger partial charge on any atom is -0.303 e. The van der Waals surface area contributed by atoms with Gasteiger partial charge in [-0.05, 0) is 63.6 Å². The van der Waals surface area contributed by atoms with Crippen LogP contribution in [0.25, 0.3) is 22.5 Å². The maximum atomic E-state index is 13.7. The Hall–Kier alpha value is -6.48. The summed E-state index contributed by atoms with van der Waals surface area (Å²) in [6, 6.07) is 46.9. The molecule has 0 saturated carbocycles. The van der Waals surface area contributed by atoms with Gasteiger partial charge in [0.05, 0.1) is 0 Å². The normalized spacial score (nSPS) is 13.8. The zero-order chi connectivity index (χ0) is 36.4. The Bertz CT molecular complexity index is 2360. The Balaban J connectivity index is 1.32. The molecule has 1 aliphatic heterocycles. The molecule has 53 heavy (non-hydrogen) atoms. The van der Waals surface area contributed by atoms with Crippen molar-refractivity contribution in [3.8, 4) is 22.5 Å². The van der Waals surface area contributed by atoms with Gasteiger partial charge in [-0.2, -0.15) is 4.98 Å². The van der Waals surface area contributed by atoms with Crippen molar-refractivity contribution in [1.82, 2.24) is 29.8 Å². The highest BCUT2D eigenvalue weighted by Crippen LogP contribution is 2.44. The second-order valence-corrected chi connectivity index (χ2v) is 13.4. The van der Waals surface area contributed by atoms with Crippen molar-refractivity contribution in [3.63, 3.8) is 0 Å². The van der Waals surface area contributed by atoms with Gasteiger partial charge in [0.1, 0.15) is 11.6 Å². The van der Waals surface area contributed by atoms with Crippen LogP contribution in [-0.2, 0) is 23.2 Å². The summed E-state index contributed by atoms with van der Waals surface area (Å²) in [6.45, 7) is 3.98. The molecule has 0 spiro atoms. The first-order chi connectivity index (χ1) is 26.0. The van der Waals surface area contributed by atoms with Crippen molar-refractivity contribution in [2.24, 2.45) is 0 Å². The topological polar surface area (TPSA) is 108 Å². The SMILES string of the molecule is CCCCc1c(Cc2ccccc2-c2ccccc2-c2nnnn2C(c2ccccc2)(c2ccccc2)c2ccccc2)c(=O)nc2n1C(C)C(=O)N2. The van der Waals surface area contributed by atoms with Crippen LogP contribution >= 0.6 is 0 Å². The van der Waals surface area contributed by atoms with Crippen LogP contribution in [0.1, 0.15) is 66.2 Å². The number of carbonyl (C=O) groups is 1. The summed E-state index contributed by atoms with van der Waals surface area (Å²) in [4.78, 5) is 30.8. The number of fused-ring (bicyclic) bond motifs is 1. The maximum absolute atomic E-state index is 13.7. The lowest BCUT2D eigenvalue weighted by molar-refractivity contribution is -0.117. The number of tetrazole rings is 1. The molecule has 262 valence electrons. The van der Waals surface area contributed by atoms with Crippen LogP contribution in [0.5, 0.6) is 0 Å². The van der Waals surface area contributed by atoms with E-state index in [-0.39, 0.29) is 11.5 Å². The Kier molecular flexibility index (Phi) is 9.06. The fourth-order valence-electron chi connectivity index (χ4n) is 7.77. The fourth-order valence-corrected chi connectivity index (χ4v) is 7.77. The minimum absolute atomic E-state index is 0.156. The molecule has 1 unspecified atom stereocenters. The van der Waals surface area contributed by atoms with Crippen molar-refractivity contribution < 1.29 is 4.79 Å². The number of anilines is 1. The van der Waals surface area contributed by atoms with Crippen LogP contribution in [0, 0.1) is 0 Å². The molecule has 0 aliphatic carbocycles. The van der Waals surface area contributed by atoms with Gasteiger partial charge >= 0.3 is 0 Å². The van der Waals surface area contributed by atoms with Gasteiger partial charge in [-0.15, -0.1) is 5.10 Å².